The predicted octanol–water partition coefficient (Wildman–Crippen LogP) is 3.81. The van der Waals surface area contributed by atoms with Crippen molar-refractivity contribution in [2.45, 2.75) is 58.9 Å². The van der Waals surface area contributed by atoms with Crippen LogP contribution in [-0.2, 0) is 0 Å². The molecule has 82 valence electrons. The second-order valence-electron chi connectivity index (χ2n) is 5.38. The summed E-state index contributed by atoms with van der Waals surface area (Å²) in [6, 6.07) is 0. The smallest absolute Gasteiger partial charge is 0.0451 e. The SMILES string of the molecule is CCCCCC1(C)N(C)C=CC1(C)C. The Bertz CT molecular complexity index is 217. The maximum Gasteiger partial charge on any atom is 0.0451 e. The Morgan fingerprint density at radius 1 is 1.14 bits per heavy atom. The third-order valence-corrected chi connectivity index (χ3v) is 4.15. The van der Waals surface area contributed by atoms with Gasteiger partial charge in [-0.15, -0.1) is 0 Å². The van der Waals surface area contributed by atoms with Crippen LogP contribution in [0.1, 0.15) is 53.4 Å². The topological polar surface area (TPSA) is 3.24 Å². The van der Waals surface area contributed by atoms with Crippen molar-refractivity contribution in [2.24, 2.45) is 5.41 Å². The lowest BCUT2D eigenvalue weighted by Crippen LogP contribution is -2.47. The van der Waals surface area contributed by atoms with E-state index in [-0.39, 0.29) is 0 Å². The van der Waals surface area contributed by atoms with E-state index >= 15 is 0 Å². The van der Waals surface area contributed by atoms with Crippen LogP contribution < -0.4 is 0 Å². The summed E-state index contributed by atoms with van der Waals surface area (Å²) in [6.45, 7) is 9.35. The van der Waals surface area contributed by atoms with E-state index in [1.165, 1.54) is 25.7 Å². The van der Waals surface area contributed by atoms with Crippen LogP contribution in [0.4, 0.5) is 0 Å². The third kappa shape index (κ3) is 1.82. The minimum absolute atomic E-state index is 0.315. The monoisotopic (exact) mass is 195 g/mol. The average Bonchev–Trinajstić information content (AvgIpc) is 2.31. The Kier molecular flexibility index (Phi) is 3.28. The van der Waals surface area contributed by atoms with Gasteiger partial charge >= 0.3 is 0 Å². The van der Waals surface area contributed by atoms with Gasteiger partial charge in [0.2, 0.25) is 0 Å². The fourth-order valence-corrected chi connectivity index (χ4v) is 2.31. The lowest BCUT2D eigenvalue weighted by atomic mass is 9.72. The van der Waals surface area contributed by atoms with Crippen molar-refractivity contribution in [1.82, 2.24) is 4.90 Å². The van der Waals surface area contributed by atoms with Crippen molar-refractivity contribution in [3.05, 3.63) is 12.3 Å². The Morgan fingerprint density at radius 2 is 1.79 bits per heavy atom. The molecule has 0 bridgehead atoms. The fourth-order valence-electron chi connectivity index (χ4n) is 2.31. The van der Waals surface area contributed by atoms with Gasteiger partial charge in [-0.1, -0.05) is 46.1 Å². The second-order valence-corrected chi connectivity index (χ2v) is 5.38. The Labute approximate surface area is 89.2 Å². The van der Waals surface area contributed by atoms with E-state index in [0.717, 1.165) is 0 Å². The zero-order chi connectivity index (χ0) is 10.8. The van der Waals surface area contributed by atoms with Crippen molar-refractivity contribution in [3.8, 4) is 0 Å². The molecule has 0 aliphatic carbocycles. The first-order chi connectivity index (χ1) is 6.44. The van der Waals surface area contributed by atoms with Crippen LogP contribution in [0.3, 0.4) is 0 Å². The maximum absolute atomic E-state index is 2.39. The Hall–Kier alpha value is -0.460. The van der Waals surface area contributed by atoms with Crippen LogP contribution in [0.15, 0.2) is 12.3 Å². The molecule has 1 aliphatic rings. The molecule has 0 N–H and O–H groups in total. The van der Waals surface area contributed by atoms with Gasteiger partial charge in [-0.3, -0.25) is 0 Å². The first-order valence-corrected chi connectivity index (χ1v) is 5.86. The maximum atomic E-state index is 2.39. The Morgan fingerprint density at radius 3 is 2.21 bits per heavy atom. The highest BCUT2D eigenvalue weighted by atomic mass is 15.2. The molecule has 1 atom stereocenters. The first-order valence-electron chi connectivity index (χ1n) is 5.86. The summed E-state index contributed by atoms with van der Waals surface area (Å²) < 4.78 is 0. The number of nitrogens with zero attached hydrogens (tertiary/aromatic N) is 1. The normalized spacial score (nSPS) is 29.9. The molecule has 0 fully saturated rings. The van der Waals surface area contributed by atoms with E-state index in [1.54, 1.807) is 0 Å². The summed E-state index contributed by atoms with van der Waals surface area (Å²) in [7, 11) is 2.21. The van der Waals surface area contributed by atoms with Gasteiger partial charge in [0.25, 0.3) is 0 Å². The molecule has 1 heteroatoms. The van der Waals surface area contributed by atoms with Gasteiger partial charge in [-0.25, -0.2) is 0 Å². The van der Waals surface area contributed by atoms with Crippen LogP contribution >= 0.6 is 0 Å². The lowest BCUT2D eigenvalue weighted by molar-refractivity contribution is 0.0987. The van der Waals surface area contributed by atoms with Crippen LogP contribution in [0.5, 0.6) is 0 Å². The molecule has 1 nitrogen and oxygen atoms in total. The minimum Gasteiger partial charge on any atom is -0.374 e. The molecule has 0 saturated heterocycles. The number of hydrogen-bond donors (Lipinski definition) is 0. The zero-order valence-corrected chi connectivity index (χ0v) is 10.4. The molecular formula is C13H25N. The van der Waals surface area contributed by atoms with Gasteiger partial charge in [-0.2, -0.15) is 0 Å². The molecule has 0 radical (unpaired) electrons. The summed E-state index contributed by atoms with van der Waals surface area (Å²) in [5, 5.41) is 0. The summed E-state index contributed by atoms with van der Waals surface area (Å²) in [6.07, 6.45) is 9.91. The van der Waals surface area contributed by atoms with Gasteiger partial charge < -0.3 is 4.90 Å². The largest absolute Gasteiger partial charge is 0.374 e. The molecule has 0 aromatic heterocycles. The molecule has 1 heterocycles. The number of rotatable bonds is 4. The van der Waals surface area contributed by atoms with E-state index in [1.807, 2.05) is 0 Å². The quantitative estimate of drug-likeness (QED) is 0.617. The summed E-state index contributed by atoms with van der Waals surface area (Å²) in [4.78, 5) is 2.39. The van der Waals surface area contributed by atoms with Crippen LogP contribution in [0.25, 0.3) is 0 Å². The molecule has 0 aromatic rings. The van der Waals surface area contributed by atoms with Gasteiger partial charge in [0, 0.05) is 18.0 Å². The number of hydrogen-bond acceptors (Lipinski definition) is 1. The first kappa shape index (κ1) is 11.6. The lowest BCUT2D eigenvalue weighted by Gasteiger charge is -2.44. The molecule has 0 amide bonds. The summed E-state index contributed by atoms with van der Waals surface area (Å²) >= 11 is 0. The third-order valence-electron chi connectivity index (χ3n) is 4.15. The standard InChI is InChI=1S/C13H25N/c1-6-7-8-9-13(4)12(2,3)10-11-14(13)5/h10-11H,6-9H2,1-5H3. The minimum atomic E-state index is 0.315. The summed E-state index contributed by atoms with van der Waals surface area (Å²) in [5.41, 5.74) is 0.637. The van der Waals surface area contributed by atoms with E-state index in [9.17, 15) is 0 Å². The highest BCUT2D eigenvalue weighted by Crippen LogP contribution is 2.44. The average molecular weight is 195 g/mol. The highest BCUT2D eigenvalue weighted by Gasteiger charge is 2.44. The fraction of sp³-hybridized carbons (Fsp3) is 0.846. The van der Waals surface area contributed by atoms with Crippen LogP contribution in [0.2, 0.25) is 0 Å². The molecular weight excluding hydrogens is 170 g/mol. The van der Waals surface area contributed by atoms with Gasteiger partial charge in [0.05, 0.1) is 0 Å². The highest BCUT2D eigenvalue weighted by molar-refractivity contribution is 5.16. The van der Waals surface area contributed by atoms with Gasteiger partial charge in [0.1, 0.15) is 0 Å². The van der Waals surface area contributed by atoms with Crippen molar-refractivity contribution in [3.63, 3.8) is 0 Å². The second kappa shape index (κ2) is 3.96. The van der Waals surface area contributed by atoms with Crippen LogP contribution in [0, 0.1) is 5.41 Å². The van der Waals surface area contributed by atoms with Gasteiger partial charge in [-0.05, 0) is 19.5 Å². The van der Waals surface area contributed by atoms with Crippen molar-refractivity contribution in [1.29, 1.82) is 0 Å². The van der Waals surface area contributed by atoms with Crippen molar-refractivity contribution < 1.29 is 0 Å². The van der Waals surface area contributed by atoms with Gasteiger partial charge in [0.15, 0.2) is 0 Å². The molecule has 0 aromatic carbocycles. The molecule has 0 spiro atoms. The predicted molar refractivity (Wildman–Crippen MR) is 63.2 cm³/mol. The Balaban J connectivity index is 2.62. The van der Waals surface area contributed by atoms with Crippen molar-refractivity contribution >= 4 is 0 Å². The van der Waals surface area contributed by atoms with E-state index in [4.69, 9.17) is 0 Å². The molecule has 14 heavy (non-hydrogen) atoms. The van der Waals surface area contributed by atoms with E-state index < -0.39 is 0 Å². The van der Waals surface area contributed by atoms with Crippen molar-refractivity contribution in [2.75, 3.05) is 7.05 Å². The number of unbranched alkanes of at least 4 members (excludes halogenated alkanes) is 2. The molecule has 1 rings (SSSR count). The van der Waals surface area contributed by atoms with E-state index in [2.05, 4.69) is 51.9 Å². The zero-order valence-electron chi connectivity index (χ0n) is 10.4. The molecule has 0 saturated carbocycles. The molecule has 1 aliphatic heterocycles. The molecule has 1 unspecified atom stereocenters. The summed E-state index contributed by atoms with van der Waals surface area (Å²) in [5.74, 6) is 0. The van der Waals surface area contributed by atoms with Crippen LogP contribution in [-0.4, -0.2) is 17.5 Å². The van der Waals surface area contributed by atoms with E-state index in [0.29, 0.717) is 11.0 Å².